The number of aryl methyl sites for hydroxylation is 1. The monoisotopic (exact) mass is 679 g/mol. The molecule has 1 aromatic carbocycles. The lowest BCUT2D eigenvalue weighted by Crippen LogP contribution is -2.55. The number of amides is 2. The van der Waals surface area contributed by atoms with E-state index in [-0.39, 0.29) is 17.5 Å². The topological polar surface area (TPSA) is 133 Å². The van der Waals surface area contributed by atoms with Crippen LogP contribution in [0.25, 0.3) is 11.4 Å². The Labute approximate surface area is 295 Å². The van der Waals surface area contributed by atoms with Gasteiger partial charge < -0.3 is 20.7 Å². The second-order valence-electron chi connectivity index (χ2n) is 14.5. The molecular formula is C38H51N10O2+. The largest absolute Gasteiger partial charge is 0.454 e. The molecule has 50 heavy (non-hydrogen) atoms. The van der Waals surface area contributed by atoms with E-state index in [1.54, 1.807) is 16.8 Å². The van der Waals surface area contributed by atoms with Gasteiger partial charge in [-0.3, -0.25) is 19.5 Å². The first-order chi connectivity index (χ1) is 24.0. The smallest absolute Gasteiger partial charge is 0.346 e. The van der Waals surface area contributed by atoms with Crippen molar-refractivity contribution in [3.05, 3.63) is 90.0 Å². The zero-order valence-electron chi connectivity index (χ0n) is 29.9. The lowest BCUT2D eigenvalue weighted by atomic mass is 9.89. The van der Waals surface area contributed by atoms with E-state index in [2.05, 4.69) is 66.6 Å². The molecule has 1 atom stereocenters. The Morgan fingerprint density at radius 3 is 2.66 bits per heavy atom. The molecule has 0 bridgehead atoms. The van der Waals surface area contributed by atoms with Gasteiger partial charge in [0.2, 0.25) is 0 Å². The first-order valence-electron chi connectivity index (χ1n) is 17.6. The summed E-state index contributed by atoms with van der Waals surface area (Å²) in [5.74, 6) is 2.80. The maximum atomic E-state index is 13.6. The number of nitrogens with two attached hydrogens (primary N) is 1. The second-order valence-corrected chi connectivity index (χ2v) is 14.5. The molecule has 264 valence electrons. The molecule has 4 heterocycles. The van der Waals surface area contributed by atoms with Crippen LogP contribution >= 0.6 is 0 Å². The standard InChI is InChI=1S/C38H50N10O2/c1-38(2,3)27-22-35(47(24-27)28-23-41-46(25-28)21-11-18-44(4)5)43-37(49)42-32-15-16-33(31-13-8-7-12-30(31)32)50-29-14-17-34(39)48(26-29)36(40)45-19-9-6-10-20-45/h7-8,12-14,16-17,22-26,32,39-40H,6,9-11,15,18-21H2,1-5H3,(H2,42,43,49)/p+1/t32-/m0/s1. The number of aromatic nitrogens is 4. The number of ether oxygens (including phenoxy) is 1. The summed E-state index contributed by atoms with van der Waals surface area (Å²) in [5, 5.41) is 19.7. The van der Waals surface area contributed by atoms with Gasteiger partial charge in [-0.2, -0.15) is 15.1 Å². The van der Waals surface area contributed by atoms with E-state index in [1.807, 2.05) is 64.1 Å². The van der Waals surface area contributed by atoms with Gasteiger partial charge in [0.05, 0.1) is 31.0 Å². The summed E-state index contributed by atoms with van der Waals surface area (Å²) in [6, 6.07) is 13.1. The van der Waals surface area contributed by atoms with E-state index in [1.165, 1.54) is 6.42 Å². The Morgan fingerprint density at radius 1 is 1.12 bits per heavy atom. The first-order valence-corrected chi connectivity index (χ1v) is 17.6. The van der Waals surface area contributed by atoms with Crippen LogP contribution in [0.3, 0.4) is 0 Å². The number of rotatable bonds is 9. The number of piperidine rings is 1. The van der Waals surface area contributed by atoms with Crippen molar-refractivity contribution in [1.82, 2.24) is 29.5 Å². The van der Waals surface area contributed by atoms with Gasteiger partial charge in [0.1, 0.15) is 17.8 Å². The van der Waals surface area contributed by atoms with Crippen LogP contribution in [0, 0.1) is 5.41 Å². The summed E-state index contributed by atoms with van der Waals surface area (Å²) >= 11 is 0. The van der Waals surface area contributed by atoms with Gasteiger partial charge in [0.25, 0.3) is 0 Å². The number of hydrogen-bond donors (Lipinski definition) is 4. The van der Waals surface area contributed by atoms with Crippen LogP contribution in [0.4, 0.5) is 16.4 Å². The number of nitrogen functional groups attached to an aromatic ring is 1. The fourth-order valence-corrected chi connectivity index (χ4v) is 6.48. The molecule has 5 N–H and O–H groups in total. The van der Waals surface area contributed by atoms with Crippen molar-refractivity contribution < 1.29 is 14.1 Å². The zero-order valence-corrected chi connectivity index (χ0v) is 29.9. The summed E-state index contributed by atoms with van der Waals surface area (Å²) in [6.45, 7) is 9.98. The Balaban J connectivity index is 1.17. The highest BCUT2D eigenvalue weighted by atomic mass is 16.5. The summed E-state index contributed by atoms with van der Waals surface area (Å²) in [5.41, 5.74) is 10.0. The third kappa shape index (κ3) is 8.02. The third-order valence-electron chi connectivity index (χ3n) is 9.33. The van der Waals surface area contributed by atoms with E-state index in [0.717, 1.165) is 67.8 Å². The average Bonchev–Trinajstić information content (AvgIpc) is 3.74. The number of fused-ring (bicyclic) bond motifs is 1. The van der Waals surface area contributed by atoms with Crippen molar-refractivity contribution >= 4 is 29.4 Å². The van der Waals surface area contributed by atoms with E-state index >= 15 is 0 Å². The molecule has 0 saturated carbocycles. The van der Waals surface area contributed by atoms with Crippen LogP contribution in [0.15, 0.2) is 73.3 Å². The first kappa shape index (κ1) is 34.8. The number of hydrogen-bond acceptors (Lipinski definition) is 6. The van der Waals surface area contributed by atoms with E-state index in [9.17, 15) is 4.79 Å². The number of pyridine rings is 1. The minimum atomic E-state index is -0.295. The van der Waals surface area contributed by atoms with Gasteiger partial charge in [0, 0.05) is 30.6 Å². The molecule has 1 aliphatic carbocycles. The molecule has 3 aromatic heterocycles. The van der Waals surface area contributed by atoms with Gasteiger partial charge in [-0.1, -0.05) is 45.0 Å². The molecular weight excluding hydrogens is 628 g/mol. The normalized spacial score (nSPS) is 16.2. The van der Waals surface area contributed by atoms with Crippen LogP contribution in [0.2, 0.25) is 0 Å². The minimum absolute atomic E-state index is 0.110. The van der Waals surface area contributed by atoms with E-state index in [4.69, 9.17) is 15.9 Å². The molecule has 4 aromatic rings. The van der Waals surface area contributed by atoms with Crippen molar-refractivity contribution in [2.24, 2.45) is 0 Å². The maximum absolute atomic E-state index is 13.6. The third-order valence-corrected chi connectivity index (χ3v) is 9.33. The summed E-state index contributed by atoms with van der Waals surface area (Å²) in [7, 11) is 4.14. The molecule has 1 fully saturated rings. The molecule has 0 spiro atoms. The number of likely N-dealkylation sites (tertiary alicyclic amines) is 1. The molecule has 0 radical (unpaired) electrons. The highest BCUT2D eigenvalue weighted by molar-refractivity contribution is 5.89. The maximum Gasteiger partial charge on any atom is 0.346 e. The Hall–Kier alpha value is -5.10. The Bertz CT molecular complexity index is 1860. The number of benzene rings is 1. The summed E-state index contributed by atoms with van der Waals surface area (Å²) in [4.78, 5) is 17.9. The fraction of sp³-hybridized carbons (Fsp3) is 0.421. The molecule has 12 nitrogen and oxygen atoms in total. The van der Waals surface area contributed by atoms with Gasteiger partial charge in [-0.05, 0) is 87.5 Å². The molecule has 1 saturated heterocycles. The van der Waals surface area contributed by atoms with E-state index in [0.29, 0.717) is 35.5 Å². The van der Waals surface area contributed by atoms with Gasteiger partial charge in [-0.15, -0.1) is 0 Å². The van der Waals surface area contributed by atoms with Gasteiger partial charge >= 0.3 is 12.0 Å². The number of carbonyl (C=O) groups is 1. The quantitative estimate of drug-likeness (QED) is 0.101. The van der Waals surface area contributed by atoms with Crippen molar-refractivity contribution in [3.8, 4) is 11.4 Å². The lowest BCUT2D eigenvalue weighted by Gasteiger charge is -2.27. The highest BCUT2D eigenvalue weighted by Crippen LogP contribution is 2.35. The Kier molecular flexibility index (Phi) is 10.3. The minimum Gasteiger partial charge on any atom is -0.454 e. The number of carbonyl (C=O) groups excluding carboxylic acids is 1. The summed E-state index contributed by atoms with van der Waals surface area (Å²) in [6.07, 6.45) is 14.6. The molecule has 0 unspecified atom stereocenters. The molecule has 2 aliphatic rings. The molecule has 6 rings (SSSR count). The fourth-order valence-electron chi connectivity index (χ4n) is 6.48. The molecule has 1 aliphatic heterocycles. The molecule has 12 heteroatoms. The van der Waals surface area contributed by atoms with Gasteiger partial charge in [-0.25, -0.2) is 4.79 Å². The van der Waals surface area contributed by atoms with Crippen LogP contribution in [-0.4, -0.2) is 69.9 Å². The number of anilines is 2. The van der Waals surface area contributed by atoms with Crippen molar-refractivity contribution in [2.45, 2.75) is 70.9 Å². The van der Waals surface area contributed by atoms with Crippen molar-refractivity contribution in [1.29, 1.82) is 5.41 Å². The predicted molar refractivity (Wildman–Crippen MR) is 198 cm³/mol. The van der Waals surface area contributed by atoms with Crippen LogP contribution < -0.4 is 25.7 Å². The van der Waals surface area contributed by atoms with Crippen molar-refractivity contribution in [3.63, 3.8) is 0 Å². The highest BCUT2D eigenvalue weighted by Gasteiger charge is 2.27. The summed E-state index contributed by atoms with van der Waals surface area (Å²) < 4.78 is 12.1. The van der Waals surface area contributed by atoms with Crippen LogP contribution in [-0.2, 0) is 12.0 Å². The number of nitrogens with zero attached hydrogens (tertiary/aromatic N) is 6. The SMILES string of the molecule is CN(C)CCCn1cc(-n2cc(C(C)(C)C)cc2NC(=O)N[C@H]2CC=C(Oc3ccc(N)[n+](C(=N)N4CCCCC4)c3)c3ccccc32)cn1. The zero-order chi connectivity index (χ0) is 35.4. The van der Waals surface area contributed by atoms with Gasteiger partial charge in [0.15, 0.2) is 11.6 Å². The predicted octanol–water partition coefficient (Wildman–Crippen LogP) is 5.75. The van der Waals surface area contributed by atoms with Crippen LogP contribution in [0.5, 0.6) is 5.75 Å². The van der Waals surface area contributed by atoms with Crippen LogP contribution in [0.1, 0.15) is 75.6 Å². The number of nitrogens with one attached hydrogen (secondary N) is 3. The average molecular weight is 680 g/mol. The van der Waals surface area contributed by atoms with E-state index < -0.39 is 0 Å². The lowest BCUT2D eigenvalue weighted by molar-refractivity contribution is -0.551. The second kappa shape index (κ2) is 14.8. The van der Waals surface area contributed by atoms with Crippen molar-refractivity contribution in [2.75, 3.05) is 44.8 Å². The Morgan fingerprint density at radius 2 is 1.90 bits per heavy atom. The molecule has 2 amide bonds. The number of urea groups is 1.